The number of ether oxygens (including phenoxy) is 1. The number of amides is 1. The van der Waals surface area contributed by atoms with Crippen LogP contribution < -0.4 is 5.32 Å². The van der Waals surface area contributed by atoms with E-state index in [-0.39, 0.29) is 23.3 Å². The first kappa shape index (κ1) is 25.5. The first-order valence-corrected chi connectivity index (χ1v) is 11.1. The Morgan fingerprint density at radius 3 is 2.41 bits per heavy atom. The molecule has 190 valence electrons. The van der Waals surface area contributed by atoms with Gasteiger partial charge in [-0.05, 0) is 41.5 Å². The van der Waals surface area contributed by atoms with Crippen LogP contribution in [-0.4, -0.2) is 40.9 Å². The minimum Gasteiger partial charge on any atom is -0.507 e. The van der Waals surface area contributed by atoms with E-state index in [2.05, 4.69) is 10.3 Å². The number of phenols is 1. The average molecular weight is 510 g/mol. The number of Topliss-reactive ketones (excluding diaryl/α,β-unsaturated/α-hetero) is 1. The Bertz CT molecular complexity index is 1480. The second-order valence-electron chi connectivity index (χ2n) is 8.26. The van der Waals surface area contributed by atoms with E-state index in [9.17, 15) is 32.7 Å². The van der Waals surface area contributed by atoms with Crippen LogP contribution in [0.25, 0.3) is 22.0 Å². The Hall–Kier alpha value is -4.60. The van der Waals surface area contributed by atoms with E-state index in [0.29, 0.717) is 22.0 Å². The summed E-state index contributed by atoms with van der Waals surface area (Å²) in [6, 6.07) is 14.2. The van der Waals surface area contributed by atoms with Gasteiger partial charge in [0.05, 0.1) is 18.2 Å². The highest BCUT2D eigenvalue weighted by atomic mass is 19.4. The molecule has 7 nitrogen and oxygen atoms in total. The number of aromatic nitrogens is 1. The van der Waals surface area contributed by atoms with E-state index in [0.717, 1.165) is 19.2 Å². The third-order valence-electron chi connectivity index (χ3n) is 5.86. The van der Waals surface area contributed by atoms with Gasteiger partial charge in [-0.15, -0.1) is 0 Å². The van der Waals surface area contributed by atoms with Crippen molar-refractivity contribution >= 4 is 28.6 Å². The Balaban J connectivity index is 1.56. The van der Waals surface area contributed by atoms with Gasteiger partial charge < -0.3 is 20.1 Å². The zero-order valence-corrected chi connectivity index (χ0v) is 19.4. The Labute approximate surface area is 208 Å². The van der Waals surface area contributed by atoms with Crippen molar-refractivity contribution in [1.82, 2.24) is 10.3 Å². The summed E-state index contributed by atoms with van der Waals surface area (Å²) in [5.74, 6) is -2.84. The Morgan fingerprint density at radius 2 is 1.73 bits per heavy atom. The number of benzene rings is 3. The van der Waals surface area contributed by atoms with Gasteiger partial charge in [-0.1, -0.05) is 36.4 Å². The highest BCUT2D eigenvalue weighted by Crippen LogP contribution is 2.34. The van der Waals surface area contributed by atoms with Gasteiger partial charge in [-0.2, -0.15) is 13.2 Å². The molecule has 0 bridgehead atoms. The highest BCUT2D eigenvalue weighted by Gasteiger charge is 2.30. The van der Waals surface area contributed by atoms with Crippen LogP contribution in [0.15, 0.2) is 72.9 Å². The Morgan fingerprint density at radius 1 is 1.03 bits per heavy atom. The van der Waals surface area contributed by atoms with Crippen LogP contribution in [0, 0.1) is 0 Å². The fourth-order valence-corrected chi connectivity index (χ4v) is 3.96. The average Bonchev–Trinajstić information content (AvgIpc) is 3.32. The number of aromatic amines is 1. The monoisotopic (exact) mass is 510 g/mol. The van der Waals surface area contributed by atoms with Gasteiger partial charge in [-0.3, -0.25) is 9.59 Å². The molecule has 0 unspecified atom stereocenters. The van der Waals surface area contributed by atoms with E-state index < -0.39 is 35.4 Å². The number of carbonyl (C=O) groups excluding carboxylic acids is 3. The van der Waals surface area contributed by atoms with E-state index in [1.165, 1.54) is 36.5 Å². The van der Waals surface area contributed by atoms with Crippen LogP contribution in [-0.2, 0) is 26.9 Å². The molecule has 0 fully saturated rings. The summed E-state index contributed by atoms with van der Waals surface area (Å²) in [5, 5.41) is 13.2. The van der Waals surface area contributed by atoms with E-state index in [4.69, 9.17) is 4.74 Å². The fourth-order valence-electron chi connectivity index (χ4n) is 3.96. The molecule has 10 heteroatoms. The highest BCUT2D eigenvalue weighted by molar-refractivity contribution is 6.45. The molecule has 0 spiro atoms. The van der Waals surface area contributed by atoms with Crippen LogP contribution in [0.3, 0.4) is 0 Å². The van der Waals surface area contributed by atoms with Gasteiger partial charge in [-0.25, -0.2) is 4.79 Å². The minimum atomic E-state index is -4.50. The molecule has 0 aliphatic carbocycles. The van der Waals surface area contributed by atoms with Gasteiger partial charge in [0.25, 0.3) is 11.7 Å². The van der Waals surface area contributed by atoms with E-state index >= 15 is 0 Å². The molecule has 3 N–H and O–H groups in total. The number of H-pyrrole nitrogens is 1. The van der Waals surface area contributed by atoms with E-state index in [1.807, 2.05) is 0 Å². The number of methoxy groups -OCH3 is 1. The van der Waals surface area contributed by atoms with Gasteiger partial charge >= 0.3 is 12.1 Å². The van der Waals surface area contributed by atoms with Crippen molar-refractivity contribution in [2.24, 2.45) is 0 Å². The zero-order valence-electron chi connectivity index (χ0n) is 19.4. The second-order valence-corrected chi connectivity index (χ2v) is 8.26. The normalized spacial score (nSPS) is 12.2. The van der Waals surface area contributed by atoms with Crippen LogP contribution in [0.5, 0.6) is 5.75 Å². The molecule has 0 aliphatic heterocycles. The lowest BCUT2D eigenvalue weighted by Gasteiger charge is -2.17. The summed E-state index contributed by atoms with van der Waals surface area (Å²) >= 11 is 0. The molecule has 0 saturated heterocycles. The lowest BCUT2D eigenvalue weighted by molar-refractivity contribution is -0.144. The van der Waals surface area contributed by atoms with Crippen LogP contribution in [0.2, 0.25) is 0 Å². The number of halogens is 3. The van der Waals surface area contributed by atoms with Gasteiger partial charge in [0.1, 0.15) is 11.8 Å². The van der Waals surface area contributed by atoms with Crippen molar-refractivity contribution in [2.75, 3.05) is 7.11 Å². The topological polar surface area (TPSA) is 108 Å². The molecule has 3 aromatic carbocycles. The molecule has 1 amide bonds. The van der Waals surface area contributed by atoms with Crippen molar-refractivity contribution in [3.63, 3.8) is 0 Å². The smallest absolute Gasteiger partial charge is 0.416 e. The number of carbonyl (C=O) groups is 3. The maximum Gasteiger partial charge on any atom is 0.416 e. The van der Waals surface area contributed by atoms with Gasteiger partial charge in [0.2, 0.25) is 0 Å². The van der Waals surface area contributed by atoms with Crippen molar-refractivity contribution in [3.8, 4) is 16.9 Å². The molecule has 0 saturated carbocycles. The van der Waals surface area contributed by atoms with Gasteiger partial charge in [0, 0.05) is 29.1 Å². The first-order chi connectivity index (χ1) is 17.6. The van der Waals surface area contributed by atoms with Crippen LogP contribution >= 0.6 is 0 Å². The maximum atomic E-state index is 12.9. The number of para-hydroxylation sites is 1. The number of aromatic hydroxyl groups is 1. The molecule has 0 radical (unpaired) electrons. The minimum absolute atomic E-state index is 0.104. The largest absolute Gasteiger partial charge is 0.507 e. The Kier molecular flexibility index (Phi) is 7.01. The third-order valence-corrected chi connectivity index (χ3v) is 5.86. The zero-order chi connectivity index (χ0) is 26.7. The number of ketones is 1. The lowest BCUT2D eigenvalue weighted by Crippen LogP contribution is -2.45. The van der Waals surface area contributed by atoms with Crippen LogP contribution in [0.4, 0.5) is 13.2 Å². The van der Waals surface area contributed by atoms with Crippen LogP contribution in [0.1, 0.15) is 21.5 Å². The number of hydrogen-bond donors (Lipinski definition) is 3. The molecule has 1 atom stereocenters. The summed E-state index contributed by atoms with van der Waals surface area (Å²) in [6.45, 7) is 0. The number of hydrogen-bond acceptors (Lipinski definition) is 5. The summed E-state index contributed by atoms with van der Waals surface area (Å²) in [4.78, 5) is 40.9. The molecule has 4 rings (SSSR count). The van der Waals surface area contributed by atoms with Crippen molar-refractivity contribution in [1.29, 1.82) is 0 Å². The number of nitrogens with one attached hydrogen (secondary N) is 2. The summed E-state index contributed by atoms with van der Waals surface area (Å²) in [7, 11) is 1.13. The standard InChI is InChI=1S/C27H21F3N2O5/c1-37-26(36)22(32-25(35)24(34)20-14-31-21-5-3-2-4-18(20)21)13-15-6-11-23(33)19(12-15)16-7-9-17(10-8-16)27(28,29)30/h2-12,14,22,31,33H,13H2,1H3,(H,32,35)/t22-/m0/s1. The summed E-state index contributed by atoms with van der Waals surface area (Å²) in [6.07, 6.45) is -3.19. The number of rotatable bonds is 7. The molecular weight excluding hydrogens is 489 g/mol. The van der Waals surface area contributed by atoms with Crippen molar-refractivity contribution < 1.29 is 37.4 Å². The SMILES string of the molecule is COC(=O)[C@H](Cc1ccc(O)c(-c2ccc(C(F)(F)F)cc2)c1)NC(=O)C(=O)c1c[nH]c2ccccc12. The summed E-state index contributed by atoms with van der Waals surface area (Å²) < 4.78 is 43.5. The molecule has 4 aromatic rings. The van der Waals surface area contributed by atoms with Gasteiger partial charge in [0.15, 0.2) is 0 Å². The van der Waals surface area contributed by atoms with Crippen molar-refractivity contribution in [2.45, 2.75) is 18.6 Å². The number of alkyl halides is 3. The molecule has 1 heterocycles. The second kappa shape index (κ2) is 10.2. The first-order valence-electron chi connectivity index (χ1n) is 11.1. The molecule has 37 heavy (non-hydrogen) atoms. The number of phenolic OH excluding ortho intramolecular Hbond substituents is 1. The molecule has 0 aliphatic rings. The quantitative estimate of drug-likeness (QED) is 0.191. The number of fused-ring (bicyclic) bond motifs is 1. The predicted octanol–water partition coefficient (Wildman–Crippen LogP) is 4.64. The van der Waals surface area contributed by atoms with E-state index in [1.54, 1.807) is 24.3 Å². The lowest BCUT2D eigenvalue weighted by atomic mass is 9.97. The predicted molar refractivity (Wildman–Crippen MR) is 129 cm³/mol. The summed E-state index contributed by atoms with van der Waals surface area (Å²) in [5.41, 5.74) is 0.994. The molecule has 1 aromatic heterocycles. The molecular formula is C27H21F3N2O5. The fraction of sp³-hybridized carbons (Fsp3) is 0.148. The maximum absolute atomic E-state index is 12.9. The third kappa shape index (κ3) is 5.48. The number of esters is 1. The van der Waals surface area contributed by atoms with Crippen molar-refractivity contribution in [3.05, 3.63) is 89.6 Å².